The van der Waals surface area contributed by atoms with E-state index in [1.54, 1.807) is 0 Å². The topological polar surface area (TPSA) is 14.8 Å². The summed E-state index contributed by atoms with van der Waals surface area (Å²) in [4.78, 5) is 0. The molecule has 0 amide bonds. The molecular formula is C60H41N3. The van der Waals surface area contributed by atoms with Gasteiger partial charge < -0.3 is 13.7 Å². The van der Waals surface area contributed by atoms with Crippen LogP contribution in [-0.2, 0) is 0 Å². The molecule has 0 fully saturated rings. The molecule has 296 valence electrons. The lowest BCUT2D eigenvalue weighted by Gasteiger charge is -2.13. The molecule has 0 bridgehead atoms. The molecule has 3 aromatic heterocycles. The number of aromatic nitrogens is 3. The van der Waals surface area contributed by atoms with Crippen molar-refractivity contribution in [2.24, 2.45) is 0 Å². The predicted molar refractivity (Wildman–Crippen MR) is 267 cm³/mol. The molecule has 0 spiro atoms. The second kappa shape index (κ2) is 14.2. The molecule has 13 rings (SSSR count). The lowest BCUT2D eigenvalue weighted by Crippen LogP contribution is -1.97. The Bertz CT molecular complexity index is 3830. The molecule has 0 atom stereocenters. The average molecular weight is 804 g/mol. The lowest BCUT2D eigenvalue weighted by atomic mass is 9.94. The van der Waals surface area contributed by atoms with Crippen molar-refractivity contribution in [1.29, 1.82) is 0 Å². The third kappa shape index (κ3) is 5.60. The molecule has 1 aliphatic rings. The highest BCUT2D eigenvalue weighted by atomic mass is 15.0. The first-order valence-electron chi connectivity index (χ1n) is 22.0. The summed E-state index contributed by atoms with van der Waals surface area (Å²) in [5.41, 5.74) is 18.2. The number of fused-ring (bicyclic) bond motifs is 9. The van der Waals surface area contributed by atoms with Gasteiger partial charge in [-0.25, -0.2) is 0 Å². The maximum atomic E-state index is 2.45. The fourth-order valence-electron chi connectivity index (χ4n) is 10.4. The highest BCUT2D eigenvalue weighted by molar-refractivity contribution is 6.14. The summed E-state index contributed by atoms with van der Waals surface area (Å²) in [6.45, 7) is 0. The highest BCUT2D eigenvalue weighted by Crippen LogP contribution is 2.41. The molecule has 3 heteroatoms. The average Bonchev–Trinajstić information content (AvgIpc) is 3.99. The highest BCUT2D eigenvalue weighted by Gasteiger charge is 2.19. The van der Waals surface area contributed by atoms with Gasteiger partial charge in [-0.2, -0.15) is 0 Å². The Morgan fingerprint density at radius 3 is 1.30 bits per heavy atom. The van der Waals surface area contributed by atoms with E-state index in [0.717, 1.165) is 18.5 Å². The fourth-order valence-corrected chi connectivity index (χ4v) is 10.4. The molecule has 1 aliphatic carbocycles. The van der Waals surface area contributed by atoms with Crippen molar-refractivity contribution < 1.29 is 0 Å². The van der Waals surface area contributed by atoms with Gasteiger partial charge in [0.25, 0.3) is 0 Å². The maximum absolute atomic E-state index is 2.45. The van der Waals surface area contributed by atoms with Gasteiger partial charge in [0.15, 0.2) is 0 Å². The molecule has 0 saturated heterocycles. The van der Waals surface area contributed by atoms with Crippen molar-refractivity contribution in [2.75, 3.05) is 0 Å². The van der Waals surface area contributed by atoms with Crippen molar-refractivity contribution in [2.45, 2.75) is 12.8 Å². The van der Waals surface area contributed by atoms with Gasteiger partial charge in [-0.1, -0.05) is 146 Å². The van der Waals surface area contributed by atoms with Gasteiger partial charge in [0.1, 0.15) is 0 Å². The Labute approximate surface area is 365 Å². The van der Waals surface area contributed by atoms with Crippen LogP contribution in [0.15, 0.2) is 224 Å². The van der Waals surface area contributed by atoms with Crippen LogP contribution in [-0.4, -0.2) is 13.7 Å². The summed E-state index contributed by atoms with van der Waals surface area (Å²) in [6.07, 6.45) is 9.10. The molecule has 0 N–H and O–H groups in total. The zero-order chi connectivity index (χ0) is 41.4. The van der Waals surface area contributed by atoms with Gasteiger partial charge in [-0.05, 0) is 125 Å². The van der Waals surface area contributed by atoms with Crippen molar-refractivity contribution >= 4 is 71.1 Å². The summed E-state index contributed by atoms with van der Waals surface area (Å²) in [7, 11) is 0. The predicted octanol–water partition coefficient (Wildman–Crippen LogP) is 16.2. The monoisotopic (exact) mass is 803 g/mol. The molecule has 0 aliphatic heterocycles. The van der Waals surface area contributed by atoms with E-state index in [1.165, 1.54) is 110 Å². The van der Waals surface area contributed by atoms with Crippen molar-refractivity contribution in [3.8, 4) is 44.8 Å². The minimum Gasteiger partial charge on any atom is -0.310 e. The molecule has 3 nitrogen and oxygen atoms in total. The van der Waals surface area contributed by atoms with Gasteiger partial charge in [-0.15, -0.1) is 0 Å². The van der Waals surface area contributed by atoms with E-state index in [2.05, 4.69) is 238 Å². The molecule has 0 radical (unpaired) electrons. The molecular weight excluding hydrogens is 763 g/mol. The van der Waals surface area contributed by atoms with Crippen LogP contribution < -0.4 is 0 Å². The minimum atomic E-state index is 1.07. The van der Waals surface area contributed by atoms with Crippen molar-refractivity contribution in [3.63, 3.8) is 0 Å². The number of para-hydroxylation sites is 3. The van der Waals surface area contributed by atoms with Crippen molar-refractivity contribution in [1.82, 2.24) is 13.7 Å². The standard InChI is InChI=1S/C60H41N3/c1-3-15-40(16-4-1)47-19-7-8-20-48(47)41-27-31-45(32-28-41)62-55-24-12-9-21-49(55)52-37-42(29-34-58(52)62)43-30-35-59-53(38-43)50-22-10-14-26-57(50)63(59)46-33-36-60-54(39-46)51-23-11-13-25-56(51)61(60)44-17-5-2-6-18-44/h1,3-5,7-39H,2,6H2. The molecule has 0 saturated carbocycles. The maximum Gasteiger partial charge on any atom is 0.0542 e. The zero-order valence-electron chi connectivity index (χ0n) is 34.6. The first-order chi connectivity index (χ1) is 31.3. The van der Waals surface area contributed by atoms with Gasteiger partial charge in [-0.3, -0.25) is 0 Å². The van der Waals surface area contributed by atoms with Crippen LogP contribution in [0.5, 0.6) is 0 Å². The zero-order valence-corrected chi connectivity index (χ0v) is 34.6. The number of hydrogen-bond acceptors (Lipinski definition) is 0. The Morgan fingerprint density at radius 1 is 0.286 bits per heavy atom. The molecule has 0 unspecified atom stereocenters. The van der Waals surface area contributed by atoms with E-state index >= 15 is 0 Å². The Kier molecular flexibility index (Phi) is 8.04. The van der Waals surface area contributed by atoms with Crippen LogP contribution in [0.2, 0.25) is 0 Å². The smallest absolute Gasteiger partial charge is 0.0542 e. The number of hydrogen-bond donors (Lipinski definition) is 0. The summed E-state index contributed by atoms with van der Waals surface area (Å²) < 4.78 is 7.29. The summed E-state index contributed by atoms with van der Waals surface area (Å²) >= 11 is 0. The first kappa shape index (κ1) is 35.6. The van der Waals surface area contributed by atoms with Gasteiger partial charge >= 0.3 is 0 Å². The van der Waals surface area contributed by atoms with E-state index in [9.17, 15) is 0 Å². The Hall–Kier alpha value is -8.14. The number of allylic oxidation sites excluding steroid dienone is 4. The fraction of sp³-hybridized carbons (Fsp3) is 0.0333. The first-order valence-corrected chi connectivity index (χ1v) is 22.0. The van der Waals surface area contributed by atoms with E-state index < -0.39 is 0 Å². The number of rotatable bonds is 6. The van der Waals surface area contributed by atoms with E-state index in [4.69, 9.17) is 0 Å². The van der Waals surface area contributed by atoms with Crippen molar-refractivity contribution in [3.05, 3.63) is 224 Å². The summed E-state index contributed by atoms with van der Waals surface area (Å²) in [6, 6.07) is 75.9. The van der Waals surface area contributed by atoms with Crippen LogP contribution >= 0.6 is 0 Å². The molecule has 3 heterocycles. The van der Waals surface area contributed by atoms with E-state index in [0.29, 0.717) is 0 Å². The van der Waals surface area contributed by atoms with Crippen LogP contribution in [0.25, 0.3) is 116 Å². The quantitative estimate of drug-likeness (QED) is 0.159. The molecule has 9 aromatic carbocycles. The second-order valence-corrected chi connectivity index (χ2v) is 16.8. The van der Waals surface area contributed by atoms with Crippen LogP contribution in [0.3, 0.4) is 0 Å². The van der Waals surface area contributed by atoms with Crippen LogP contribution in [0.1, 0.15) is 12.8 Å². The number of nitrogens with zero attached hydrogens (tertiary/aromatic N) is 3. The normalized spacial score (nSPS) is 13.0. The molecule has 12 aromatic rings. The van der Waals surface area contributed by atoms with Crippen LogP contribution in [0.4, 0.5) is 0 Å². The SMILES string of the molecule is C1=CC(n2c3ccccc3c3cc(-n4c5ccccc5c5cc(-c6ccc7c(c6)c6ccccc6n7-c6ccc(-c7ccccc7-c7ccccc7)cc6)ccc54)ccc32)=CCC1. The minimum absolute atomic E-state index is 1.07. The summed E-state index contributed by atoms with van der Waals surface area (Å²) in [5, 5.41) is 7.54. The molecule has 63 heavy (non-hydrogen) atoms. The second-order valence-electron chi connectivity index (χ2n) is 16.8. The third-order valence-electron chi connectivity index (χ3n) is 13.3. The van der Waals surface area contributed by atoms with Crippen LogP contribution in [0, 0.1) is 0 Å². The summed E-state index contributed by atoms with van der Waals surface area (Å²) in [5.74, 6) is 0. The van der Waals surface area contributed by atoms with Gasteiger partial charge in [0.2, 0.25) is 0 Å². The largest absolute Gasteiger partial charge is 0.310 e. The third-order valence-corrected chi connectivity index (χ3v) is 13.3. The Morgan fingerprint density at radius 2 is 0.714 bits per heavy atom. The van der Waals surface area contributed by atoms with Gasteiger partial charge in [0.05, 0.1) is 33.1 Å². The number of benzene rings is 9. The van der Waals surface area contributed by atoms with E-state index in [-0.39, 0.29) is 0 Å². The Balaban J connectivity index is 0.914. The lowest BCUT2D eigenvalue weighted by molar-refractivity contribution is 1.02. The van der Waals surface area contributed by atoms with Gasteiger partial charge in [0, 0.05) is 49.4 Å². The van der Waals surface area contributed by atoms with E-state index in [1.807, 2.05) is 0 Å².